The van der Waals surface area contributed by atoms with E-state index in [-0.39, 0.29) is 24.8 Å². The van der Waals surface area contributed by atoms with Crippen LogP contribution in [0.4, 0.5) is 18.0 Å². The third-order valence-electron chi connectivity index (χ3n) is 3.78. The molecule has 1 aromatic rings. The molecule has 8 heteroatoms. The standard InChI is InChI=1S/C8H10FN3O2.C6H8F2/c9-5-14-7-3-6(1-2-11-7)4-12-8(10)13;7-6(8)2-1-4-3-5(4)6/h1-3H,4-5H2,(H3,10,12,13);4-5H,1-3H2. The van der Waals surface area contributed by atoms with Gasteiger partial charge in [0.05, 0.1) is 0 Å². The molecule has 2 aliphatic carbocycles. The molecular weight excluding hydrogens is 299 g/mol. The molecule has 2 saturated carbocycles. The van der Waals surface area contributed by atoms with Gasteiger partial charge in [-0.15, -0.1) is 0 Å². The summed E-state index contributed by atoms with van der Waals surface area (Å²) >= 11 is 0. The Balaban J connectivity index is 0.000000183. The van der Waals surface area contributed by atoms with Crippen LogP contribution in [0.2, 0.25) is 0 Å². The number of halogens is 3. The first-order valence-corrected chi connectivity index (χ1v) is 6.97. The van der Waals surface area contributed by atoms with Crippen molar-refractivity contribution in [2.75, 3.05) is 6.86 Å². The van der Waals surface area contributed by atoms with Crippen molar-refractivity contribution in [3.05, 3.63) is 23.9 Å². The molecule has 2 atom stereocenters. The Morgan fingerprint density at radius 1 is 1.55 bits per heavy atom. The van der Waals surface area contributed by atoms with Gasteiger partial charge in [0.1, 0.15) is 0 Å². The molecule has 2 fully saturated rings. The molecule has 3 N–H and O–H groups in total. The van der Waals surface area contributed by atoms with Crippen molar-refractivity contribution in [2.45, 2.75) is 31.7 Å². The zero-order chi connectivity index (χ0) is 16.2. The van der Waals surface area contributed by atoms with Crippen LogP contribution < -0.4 is 15.8 Å². The van der Waals surface area contributed by atoms with Crippen molar-refractivity contribution < 1.29 is 22.7 Å². The summed E-state index contributed by atoms with van der Waals surface area (Å²) in [5, 5.41) is 2.39. The van der Waals surface area contributed by atoms with Crippen LogP contribution in [0.3, 0.4) is 0 Å². The molecule has 0 aromatic carbocycles. The second kappa shape index (κ2) is 6.85. The topological polar surface area (TPSA) is 77.2 Å². The number of carbonyl (C=O) groups excluding carboxylic acids is 1. The minimum Gasteiger partial charge on any atom is -0.446 e. The fourth-order valence-corrected chi connectivity index (χ4v) is 2.53. The zero-order valence-electron chi connectivity index (χ0n) is 11.9. The van der Waals surface area contributed by atoms with Crippen LogP contribution in [0.15, 0.2) is 18.3 Å². The summed E-state index contributed by atoms with van der Waals surface area (Å²) in [5.41, 5.74) is 5.62. The molecule has 0 spiro atoms. The van der Waals surface area contributed by atoms with E-state index in [4.69, 9.17) is 5.73 Å². The van der Waals surface area contributed by atoms with Gasteiger partial charge >= 0.3 is 6.03 Å². The van der Waals surface area contributed by atoms with Crippen molar-refractivity contribution >= 4 is 6.03 Å². The first-order chi connectivity index (χ1) is 10.4. The summed E-state index contributed by atoms with van der Waals surface area (Å²) in [5.74, 6) is -1.89. The SMILES string of the molecule is FC1(F)CCC2CC21.NC(=O)NCc1ccnc(OCF)c1. The van der Waals surface area contributed by atoms with Gasteiger partial charge in [0.25, 0.3) is 5.92 Å². The highest BCUT2D eigenvalue weighted by Crippen LogP contribution is 2.59. The van der Waals surface area contributed by atoms with Crippen molar-refractivity contribution in [3.8, 4) is 5.88 Å². The van der Waals surface area contributed by atoms with Crippen LogP contribution in [-0.2, 0) is 6.54 Å². The van der Waals surface area contributed by atoms with Crippen LogP contribution in [0, 0.1) is 11.8 Å². The monoisotopic (exact) mass is 317 g/mol. The molecule has 1 aromatic heterocycles. The Hall–Kier alpha value is -1.99. The molecule has 1 heterocycles. The lowest BCUT2D eigenvalue weighted by Crippen LogP contribution is -2.28. The molecular formula is C14H18F3N3O2. The fraction of sp³-hybridized carbons (Fsp3) is 0.571. The maximum absolute atomic E-state index is 12.4. The average Bonchev–Trinajstić information content (AvgIpc) is 3.20. The molecule has 22 heavy (non-hydrogen) atoms. The Morgan fingerprint density at radius 2 is 2.32 bits per heavy atom. The third-order valence-corrected chi connectivity index (χ3v) is 3.78. The van der Waals surface area contributed by atoms with Crippen LogP contribution in [0.5, 0.6) is 5.88 Å². The first kappa shape index (κ1) is 16.4. The quantitative estimate of drug-likeness (QED) is 0.896. The number of amides is 2. The maximum atomic E-state index is 12.4. The van der Waals surface area contributed by atoms with E-state index in [2.05, 4.69) is 15.0 Å². The molecule has 0 aliphatic heterocycles. The molecule has 0 bridgehead atoms. The highest BCUT2D eigenvalue weighted by atomic mass is 19.3. The summed E-state index contributed by atoms with van der Waals surface area (Å²) in [6.45, 7) is -0.666. The highest BCUT2D eigenvalue weighted by Gasteiger charge is 2.59. The number of nitrogens with two attached hydrogens (primary N) is 1. The number of hydrogen-bond donors (Lipinski definition) is 2. The van der Waals surface area contributed by atoms with Crippen LogP contribution in [0.25, 0.3) is 0 Å². The molecule has 0 saturated heterocycles. The zero-order valence-corrected chi connectivity index (χ0v) is 11.9. The molecule has 2 aliphatic rings. The van der Waals surface area contributed by atoms with E-state index in [1.807, 2.05) is 0 Å². The van der Waals surface area contributed by atoms with Crippen molar-refractivity contribution in [2.24, 2.45) is 17.6 Å². The van der Waals surface area contributed by atoms with Gasteiger partial charge in [-0.25, -0.2) is 22.9 Å². The lowest BCUT2D eigenvalue weighted by molar-refractivity contribution is -0.0142. The number of hydrogen-bond acceptors (Lipinski definition) is 3. The molecule has 3 rings (SSSR count). The normalized spacial score (nSPS) is 23.8. The Kier molecular flexibility index (Phi) is 5.10. The number of fused-ring (bicyclic) bond motifs is 1. The molecule has 2 amide bonds. The van der Waals surface area contributed by atoms with Crippen LogP contribution in [-0.4, -0.2) is 23.8 Å². The Bertz CT molecular complexity index is 528. The third kappa shape index (κ3) is 4.51. The Labute approximate surface area is 126 Å². The summed E-state index contributed by atoms with van der Waals surface area (Å²) in [4.78, 5) is 14.1. The first-order valence-electron chi connectivity index (χ1n) is 6.97. The predicted octanol–water partition coefficient (Wildman–Crippen LogP) is 2.61. The Morgan fingerprint density at radius 3 is 2.77 bits per heavy atom. The fourth-order valence-electron chi connectivity index (χ4n) is 2.53. The van der Waals surface area contributed by atoms with Gasteiger partial charge in [-0.2, -0.15) is 0 Å². The summed E-state index contributed by atoms with van der Waals surface area (Å²) < 4.78 is 41.1. The minimum absolute atomic E-state index is 0.155. The second-order valence-electron chi connectivity index (χ2n) is 5.38. The highest BCUT2D eigenvalue weighted by molar-refractivity contribution is 5.71. The summed E-state index contributed by atoms with van der Waals surface area (Å²) in [6, 6.07) is 2.58. The van der Waals surface area contributed by atoms with Gasteiger partial charge in [0.15, 0.2) is 0 Å². The van der Waals surface area contributed by atoms with Gasteiger partial charge in [0.2, 0.25) is 12.7 Å². The number of urea groups is 1. The number of nitrogens with zero attached hydrogens (tertiary/aromatic N) is 1. The van der Waals surface area contributed by atoms with Gasteiger partial charge in [0, 0.05) is 31.1 Å². The van der Waals surface area contributed by atoms with Crippen LogP contribution in [0.1, 0.15) is 24.8 Å². The number of carbonyl (C=O) groups is 1. The number of nitrogens with one attached hydrogen (secondary N) is 1. The predicted molar refractivity (Wildman–Crippen MR) is 73.0 cm³/mol. The number of alkyl halides is 3. The largest absolute Gasteiger partial charge is 0.446 e. The number of primary amides is 1. The smallest absolute Gasteiger partial charge is 0.312 e. The van der Waals surface area contributed by atoms with Gasteiger partial charge in [-0.05, 0) is 30.4 Å². The average molecular weight is 317 g/mol. The lowest BCUT2D eigenvalue weighted by Gasteiger charge is -2.07. The van der Waals surface area contributed by atoms with E-state index >= 15 is 0 Å². The maximum Gasteiger partial charge on any atom is 0.312 e. The number of ether oxygens (including phenoxy) is 1. The van der Waals surface area contributed by atoms with Crippen molar-refractivity contribution in [1.82, 2.24) is 10.3 Å². The summed E-state index contributed by atoms with van der Waals surface area (Å²) in [6.07, 6.45) is 3.19. The lowest BCUT2D eigenvalue weighted by atomic mass is 10.2. The van der Waals surface area contributed by atoms with Gasteiger partial charge < -0.3 is 15.8 Å². The van der Waals surface area contributed by atoms with E-state index in [1.165, 1.54) is 12.3 Å². The second-order valence-corrected chi connectivity index (χ2v) is 5.38. The molecule has 2 unspecified atom stereocenters. The number of pyridine rings is 1. The summed E-state index contributed by atoms with van der Waals surface area (Å²) in [7, 11) is 0. The van der Waals surface area contributed by atoms with Gasteiger partial charge in [-0.1, -0.05) is 0 Å². The number of rotatable bonds is 4. The van der Waals surface area contributed by atoms with E-state index in [1.54, 1.807) is 6.07 Å². The van der Waals surface area contributed by atoms with Gasteiger partial charge in [-0.3, -0.25) is 0 Å². The molecule has 122 valence electrons. The van der Waals surface area contributed by atoms with Crippen molar-refractivity contribution in [3.63, 3.8) is 0 Å². The minimum atomic E-state index is -2.27. The molecule has 5 nitrogen and oxygen atoms in total. The van der Waals surface area contributed by atoms with E-state index in [9.17, 15) is 18.0 Å². The van der Waals surface area contributed by atoms with Crippen LogP contribution >= 0.6 is 0 Å². The molecule has 0 radical (unpaired) electrons. The van der Waals surface area contributed by atoms with Crippen molar-refractivity contribution in [1.29, 1.82) is 0 Å². The van der Waals surface area contributed by atoms with E-state index < -0.39 is 18.8 Å². The van der Waals surface area contributed by atoms with E-state index in [0.717, 1.165) is 18.4 Å². The van der Waals surface area contributed by atoms with E-state index in [0.29, 0.717) is 5.92 Å². The number of aromatic nitrogens is 1.